The van der Waals surface area contributed by atoms with E-state index in [-0.39, 0.29) is 11.9 Å². The molecule has 1 fully saturated rings. The Kier molecular flexibility index (Phi) is 6.17. The first kappa shape index (κ1) is 15.9. The lowest BCUT2D eigenvalue weighted by molar-refractivity contribution is -0.122. The van der Waals surface area contributed by atoms with E-state index < -0.39 is 6.04 Å². The molecule has 3 N–H and O–H groups in total. The van der Waals surface area contributed by atoms with Crippen LogP contribution in [0.4, 0.5) is 0 Å². The lowest BCUT2D eigenvalue weighted by atomic mass is 10.0. The highest BCUT2D eigenvalue weighted by Crippen LogP contribution is 2.06. The van der Waals surface area contributed by atoms with Crippen molar-refractivity contribution in [3.8, 4) is 0 Å². The highest BCUT2D eigenvalue weighted by molar-refractivity contribution is 5.81. The molecule has 0 radical (unpaired) electrons. The summed E-state index contributed by atoms with van der Waals surface area (Å²) < 4.78 is 5.37. The van der Waals surface area contributed by atoms with E-state index in [0.29, 0.717) is 0 Å². The first-order valence-electron chi connectivity index (χ1n) is 7.55. The van der Waals surface area contributed by atoms with Crippen LogP contribution < -0.4 is 11.1 Å². The van der Waals surface area contributed by atoms with Gasteiger partial charge in [-0.15, -0.1) is 0 Å². The third kappa shape index (κ3) is 5.46. The molecule has 5 heteroatoms. The number of rotatable bonds is 6. The van der Waals surface area contributed by atoms with Crippen molar-refractivity contribution in [3.05, 3.63) is 35.9 Å². The molecule has 0 aromatic heterocycles. The maximum absolute atomic E-state index is 11.9. The monoisotopic (exact) mass is 291 g/mol. The van der Waals surface area contributed by atoms with Gasteiger partial charge in [-0.1, -0.05) is 30.3 Å². The minimum absolute atomic E-state index is 0.0731. The predicted molar refractivity (Wildman–Crippen MR) is 83.0 cm³/mol. The summed E-state index contributed by atoms with van der Waals surface area (Å²) in [5, 5.41) is 3.07. The number of benzene rings is 1. The first-order chi connectivity index (χ1) is 10.1. The van der Waals surface area contributed by atoms with Crippen molar-refractivity contribution in [1.82, 2.24) is 10.2 Å². The van der Waals surface area contributed by atoms with Crippen molar-refractivity contribution in [3.63, 3.8) is 0 Å². The summed E-state index contributed by atoms with van der Waals surface area (Å²) >= 11 is 0. The van der Waals surface area contributed by atoms with Gasteiger partial charge in [0.05, 0.1) is 19.3 Å². The molecule has 2 atom stereocenters. The summed E-state index contributed by atoms with van der Waals surface area (Å²) in [5.41, 5.74) is 6.89. The summed E-state index contributed by atoms with van der Waals surface area (Å²) in [7, 11) is 0. The lowest BCUT2D eigenvalue weighted by Crippen LogP contribution is -2.51. The summed E-state index contributed by atoms with van der Waals surface area (Å²) in [4.78, 5) is 14.2. The van der Waals surface area contributed by atoms with Crippen molar-refractivity contribution in [2.75, 3.05) is 32.8 Å². The first-order valence-corrected chi connectivity index (χ1v) is 7.55. The van der Waals surface area contributed by atoms with Gasteiger partial charge < -0.3 is 15.8 Å². The number of nitrogens with one attached hydrogen (secondary N) is 1. The van der Waals surface area contributed by atoms with Gasteiger partial charge in [0.2, 0.25) is 5.91 Å². The van der Waals surface area contributed by atoms with E-state index in [2.05, 4.69) is 22.3 Å². The Morgan fingerprint density at radius 3 is 2.62 bits per heavy atom. The van der Waals surface area contributed by atoms with Crippen LogP contribution >= 0.6 is 0 Å². The van der Waals surface area contributed by atoms with Crippen LogP contribution in [0.3, 0.4) is 0 Å². The van der Waals surface area contributed by atoms with Crippen molar-refractivity contribution in [2.45, 2.75) is 25.4 Å². The number of carbonyl (C=O) groups excluding carboxylic acids is 1. The zero-order valence-corrected chi connectivity index (χ0v) is 12.6. The van der Waals surface area contributed by atoms with Crippen LogP contribution in [0.2, 0.25) is 0 Å². The average Bonchev–Trinajstić information content (AvgIpc) is 2.49. The van der Waals surface area contributed by atoms with Crippen LogP contribution in [-0.2, 0) is 16.0 Å². The minimum atomic E-state index is -0.479. The molecule has 2 unspecified atom stereocenters. The van der Waals surface area contributed by atoms with E-state index in [9.17, 15) is 4.79 Å². The van der Waals surface area contributed by atoms with Gasteiger partial charge in [0.15, 0.2) is 0 Å². The van der Waals surface area contributed by atoms with Gasteiger partial charge in [0.1, 0.15) is 0 Å². The van der Waals surface area contributed by atoms with Crippen molar-refractivity contribution in [2.24, 2.45) is 5.73 Å². The van der Waals surface area contributed by atoms with Crippen LogP contribution in [-0.4, -0.2) is 55.7 Å². The van der Waals surface area contributed by atoms with E-state index in [0.717, 1.165) is 39.3 Å². The SMILES string of the molecule is CC(N)C(=O)NC(Cc1ccccc1)CN1CCOCC1. The lowest BCUT2D eigenvalue weighted by Gasteiger charge is -2.31. The topological polar surface area (TPSA) is 67.6 Å². The Hall–Kier alpha value is -1.43. The standard InChI is InChI=1S/C16H25N3O2/c1-13(17)16(20)18-15(11-14-5-3-2-4-6-14)12-19-7-9-21-10-8-19/h2-6,13,15H,7-12,17H2,1H3,(H,18,20). The van der Waals surface area contributed by atoms with E-state index >= 15 is 0 Å². The second-order valence-corrected chi connectivity index (χ2v) is 5.60. The number of hydrogen-bond acceptors (Lipinski definition) is 4. The van der Waals surface area contributed by atoms with Crippen LogP contribution in [0.5, 0.6) is 0 Å². The Morgan fingerprint density at radius 2 is 2.00 bits per heavy atom. The molecule has 1 aromatic rings. The minimum Gasteiger partial charge on any atom is -0.379 e. The third-order valence-corrected chi connectivity index (χ3v) is 3.67. The maximum Gasteiger partial charge on any atom is 0.236 e. The molecule has 0 bridgehead atoms. The van der Waals surface area contributed by atoms with Gasteiger partial charge >= 0.3 is 0 Å². The van der Waals surface area contributed by atoms with Crippen LogP contribution in [0.25, 0.3) is 0 Å². The van der Waals surface area contributed by atoms with Crippen LogP contribution in [0, 0.1) is 0 Å². The Balaban J connectivity index is 1.96. The molecule has 1 aliphatic heterocycles. The molecular weight excluding hydrogens is 266 g/mol. The molecule has 1 aromatic carbocycles. The fraction of sp³-hybridized carbons (Fsp3) is 0.562. The molecule has 1 amide bonds. The summed E-state index contributed by atoms with van der Waals surface area (Å²) in [6, 6.07) is 9.82. The number of hydrogen-bond donors (Lipinski definition) is 2. The van der Waals surface area contributed by atoms with Gasteiger partial charge in [-0.05, 0) is 18.9 Å². The summed E-state index contributed by atoms with van der Waals surface area (Å²) in [6.07, 6.45) is 0.816. The molecule has 0 saturated carbocycles. The molecule has 21 heavy (non-hydrogen) atoms. The molecule has 116 valence electrons. The van der Waals surface area contributed by atoms with Crippen molar-refractivity contribution in [1.29, 1.82) is 0 Å². The number of carbonyl (C=O) groups is 1. The second kappa shape index (κ2) is 8.12. The highest BCUT2D eigenvalue weighted by Gasteiger charge is 2.20. The smallest absolute Gasteiger partial charge is 0.236 e. The predicted octanol–water partition coefficient (Wildman–Crippen LogP) is 0.393. The maximum atomic E-state index is 11.9. The molecule has 2 rings (SSSR count). The van der Waals surface area contributed by atoms with Crippen molar-refractivity contribution >= 4 is 5.91 Å². The van der Waals surface area contributed by atoms with Gasteiger partial charge in [-0.2, -0.15) is 0 Å². The molecule has 0 aliphatic carbocycles. The molecule has 1 saturated heterocycles. The molecule has 1 aliphatic rings. The van der Waals surface area contributed by atoms with Crippen molar-refractivity contribution < 1.29 is 9.53 Å². The van der Waals surface area contributed by atoms with E-state index in [1.807, 2.05) is 18.2 Å². The van der Waals surface area contributed by atoms with Gasteiger partial charge in [0, 0.05) is 25.7 Å². The van der Waals surface area contributed by atoms with E-state index in [1.54, 1.807) is 6.92 Å². The van der Waals surface area contributed by atoms with Gasteiger partial charge in [-0.25, -0.2) is 0 Å². The Bertz CT molecular complexity index is 430. The highest BCUT2D eigenvalue weighted by atomic mass is 16.5. The zero-order valence-electron chi connectivity index (χ0n) is 12.6. The number of amides is 1. The quantitative estimate of drug-likeness (QED) is 0.796. The average molecular weight is 291 g/mol. The van der Waals surface area contributed by atoms with E-state index in [4.69, 9.17) is 10.5 Å². The second-order valence-electron chi connectivity index (χ2n) is 5.60. The molecule has 5 nitrogen and oxygen atoms in total. The molecule has 0 spiro atoms. The normalized spacial score (nSPS) is 19.0. The van der Waals surface area contributed by atoms with E-state index in [1.165, 1.54) is 5.56 Å². The number of nitrogens with zero attached hydrogens (tertiary/aromatic N) is 1. The largest absolute Gasteiger partial charge is 0.379 e. The number of morpholine rings is 1. The Morgan fingerprint density at radius 1 is 1.33 bits per heavy atom. The number of ether oxygens (including phenoxy) is 1. The van der Waals surface area contributed by atoms with Crippen LogP contribution in [0.1, 0.15) is 12.5 Å². The molecule has 1 heterocycles. The molecular formula is C16H25N3O2. The summed E-state index contributed by atoms with van der Waals surface area (Å²) in [6.45, 7) is 5.90. The fourth-order valence-electron chi connectivity index (χ4n) is 2.49. The fourth-order valence-corrected chi connectivity index (χ4v) is 2.49. The van der Waals surface area contributed by atoms with Crippen LogP contribution in [0.15, 0.2) is 30.3 Å². The number of nitrogens with two attached hydrogens (primary N) is 1. The zero-order chi connectivity index (χ0) is 15.1. The Labute approximate surface area is 126 Å². The van der Waals surface area contributed by atoms with Gasteiger partial charge in [-0.3, -0.25) is 9.69 Å². The third-order valence-electron chi connectivity index (χ3n) is 3.67. The van der Waals surface area contributed by atoms with Gasteiger partial charge in [0.25, 0.3) is 0 Å². The summed E-state index contributed by atoms with van der Waals surface area (Å²) in [5.74, 6) is -0.0933.